The molecule has 0 radical (unpaired) electrons. The third-order valence-corrected chi connectivity index (χ3v) is 8.26. The monoisotopic (exact) mass is 434 g/mol. The van der Waals surface area contributed by atoms with Crippen LogP contribution in [0.15, 0.2) is 53.5 Å². The largest absolute Gasteiger partial charge is 0.316 e. The van der Waals surface area contributed by atoms with Crippen molar-refractivity contribution >= 4 is 50.0 Å². The van der Waals surface area contributed by atoms with Crippen LogP contribution >= 0.6 is 23.4 Å². The molecule has 2 aromatic carbocycles. The van der Waals surface area contributed by atoms with Gasteiger partial charge in [0.15, 0.2) is 15.0 Å². The van der Waals surface area contributed by atoms with Crippen molar-refractivity contribution in [1.82, 2.24) is 0 Å². The van der Waals surface area contributed by atoms with Gasteiger partial charge in [0.1, 0.15) is 0 Å². The topological polar surface area (TPSA) is 66.8 Å². The molecule has 0 aromatic heterocycles. The van der Waals surface area contributed by atoms with E-state index in [9.17, 15) is 13.2 Å². The lowest BCUT2D eigenvalue weighted by Gasteiger charge is -2.24. The van der Waals surface area contributed by atoms with Gasteiger partial charge in [0, 0.05) is 16.0 Å². The summed E-state index contributed by atoms with van der Waals surface area (Å²) in [5, 5.41) is 0.969. The van der Waals surface area contributed by atoms with Crippen LogP contribution in [0.3, 0.4) is 0 Å². The number of fused-ring (bicyclic) bond motifs is 1. The lowest BCUT2D eigenvalue weighted by Crippen LogP contribution is -2.37. The van der Waals surface area contributed by atoms with E-state index in [-0.39, 0.29) is 35.1 Å². The van der Waals surface area contributed by atoms with Crippen molar-refractivity contribution in [2.45, 2.75) is 24.6 Å². The number of rotatable bonds is 3. The van der Waals surface area contributed by atoms with E-state index in [1.807, 2.05) is 48.2 Å². The average Bonchev–Trinajstić information content (AvgIpc) is 3.05. The molecule has 2 aliphatic heterocycles. The Labute approximate surface area is 173 Å². The number of sulfone groups is 1. The Kier molecular flexibility index (Phi) is 5.24. The highest BCUT2D eigenvalue weighted by molar-refractivity contribution is 8.16. The molecule has 2 atom stereocenters. The lowest BCUT2D eigenvalue weighted by atomic mass is 10.1. The Hall–Kier alpha value is -1.83. The molecule has 2 aliphatic rings. The third-order valence-electron chi connectivity index (χ3n) is 4.81. The molecule has 0 bridgehead atoms. The van der Waals surface area contributed by atoms with Crippen LogP contribution in [0.1, 0.15) is 11.1 Å². The van der Waals surface area contributed by atoms with Crippen LogP contribution in [0, 0.1) is 6.92 Å². The Morgan fingerprint density at radius 1 is 1.21 bits per heavy atom. The fourth-order valence-electron chi connectivity index (χ4n) is 3.64. The van der Waals surface area contributed by atoms with Crippen molar-refractivity contribution < 1.29 is 13.2 Å². The fourth-order valence-corrected chi connectivity index (χ4v) is 7.75. The molecule has 2 aromatic rings. The molecular weight excluding hydrogens is 416 g/mol. The number of aryl methyl sites for hydroxylation is 1. The van der Waals surface area contributed by atoms with Gasteiger partial charge < -0.3 is 4.90 Å². The van der Waals surface area contributed by atoms with Crippen LogP contribution in [0.5, 0.6) is 0 Å². The number of amides is 1. The highest BCUT2D eigenvalue weighted by Gasteiger charge is 2.49. The molecule has 0 unspecified atom stereocenters. The smallest absolute Gasteiger partial charge is 0.252 e. The minimum absolute atomic E-state index is 0.0578. The van der Waals surface area contributed by atoms with Gasteiger partial charge in [0.05, 0.1) is 24.0 Å². The Balaban J connectivity index is 1.65. The summed E-state index contributed by atoms with van der Waals surface area (Å²) in [7, 11) is -3.10. The van der Waals surface area contributed by atoms with E-state index in [2.05, 4.69) is 4.99 Å². The van der Waals surface area contributed by atoms with Gasteiger partial charge in [-0.3, -0.25) is 4.79 Å². The van der Waals surface area contributed by atoms with Gasteiger partial charge in [-0.2, -0.15) is 4.99 Å². The second kappa shape index (κ2) is 7.54. The highest BCUT2D eigenvalue weighted by atomic mass is 35.5. The van der Waals surface area contributed by atoms with Crippen molar-refractivity contribution in [3.8, 4) is 0 Å². The molecule has 0 spiro atoms. The summed E-state index contributed by atoms with van der Waals surface area (Å²) < 4.78 is 24.2. The van der Waals surface area contributed by atoms with E-state index in [1.165, 1.54) is 11.8 Å². The summed E-state index contributed by atoms with van der Waals surface area (Å²) >= 11 is 7.51. The Morgan fingerprint density at radius 3 is 2.75 bits per heavy atom. The zero-order valence-electron chi connectivity index (χ0n) is 15.2. The van der Waals surface area contributed by atoms with Crippen LogP contribution in [0.2, 0.25) is 5.02 Å². The van der Waals surface area contributed by atoms with Crippen LogP contribution in [-0.4, -0.2) is 42.3 Å². The van der Waals surface area contributed by atoms with Crippen molar-refractivity contribution in [2.24, 2.45) is 4.99 Å². The van der Waals surface area contributed by atoms with Crippen LogP contribution < -0.4 is 4.90 Å². The Morgan fingerprint density at radius 2 is 2.00 bits per heavy atom. The maximum Gasteiger partial charge on any atom is 0.252 e. The summed E-state index contributed by atoms with van der Waals surface area (Å²) in [5.41, 5.74) is 2.76. The van der Waals surface area contributed by atoms with Crippen LogP contribution in [0.4, 0.5) is 5.69 Å². The highest BCUT2D eigenvalue weighted by Crippen LogP contribution is 2.41. The van der Waals surface area contributed by atoms with Crippen molar-refractivity contribution in [3.05, 3.63) is 64.7 Å². The number of nitrogens with zero attached hydrogens (tertiary/aromatic N) is 2. The van der Waals surface area contributed by atoms with Gasteiger partial charge in [-0.05, 0) is 30.7 Å². The van der Waals surface area contributed by atoms with Gasteiger partial charge >= 0.3 is 0 Å². The first-order valence-corrected chi connectivity index (χ1v) is 12.0. The third kappa shape index (κ3) is 4.11. The molecule has 28 heavy (non-hydrogen) atoms. The van der Waals surface area contributed by atoms with E-state index in [4.69, 9.17) is 11.6 Å². The molecule has 4 rings (SSSR count). The minimum atomic E-state index is -3.10. The zero-order valence-corrected chi connectivity index (χ0v) is 17.6. The first kappa shape index (κ1) is 19.5. The van der Waals surface area contributed by atoms with Gasteiger partial charge in [0.25, 0.3) is 5.91 Å². The first-order valence-electron chi connectivity index (χ1n) is 8.90. The molecule has 8 heteroatoms. The van der Waals surface area contributed by atoms with E-state index in [0.717, 1.165) is 16.8 Å². The molecule has 0 N–H and O–H groups in total. The second-order valence-corrected chi connectivity index (χ2v) is 10.9. The number of hydrogen-bond acceptors (Lipinski definition) is 4. The number of amidine groups is 1. The van der Waals surface area contributed by atoms with Crippen LogP contribution in [0.25, 0.3) is 0 Å². The van der Waals surface area contributed by atoms with Gasteiger partial charge in [0.2, 0.25) is 0 Å². The Bertz CT molecular complexity index is 1070. The summed E-state index contributed by atoms with van der Waals surface area (Å²) in [6, 6.07) is 14.7. The average molecular weight is 435 g/mol. The molecule has 1 amide bonds. The number of anilines is 1. The molecule has 2 fully saturated rings. The quantitative estimate of drug-likeness (QED) is 0.739. The standard InChI is InChI=1S/C20H19ClN2O3S2/c1-13-4-2-5-14(8-13)9-19(24)22-20-23(16-7-3-6-15(21)10-16)17-11-28(25,26)12-18(17)27-20/h2-8,10,17-18H,9,11-12H2,1H3/t17-,18+/m1/s1. The predicted molar refractivity (Wildman–Crippen MR) is 115 cm³/mol. The van der Waals surface area contributed by atoms with Crippen molar-refractivity contribution in [1.29, 1.82) is 0 Å². The van der Waals surface area contributed by atoms with E-state index in [0.29, 0.717) is 10.2 Å². The summed E-state index contributed by atoms with van der Waals surface area (Å²) in [4.78, 5) is 18.8. The fraction of sp³-hybridized carbons (Fsp3) is 0.300. The van der Waals surface area contributed by atoms with E-state index >= 15 is 0 Å². The molecular formula is C20H19ClN2O3S2. The number of carbonyl (C=O) groups is 1. The molecule has 2 saturated heterocycles. The summed E-state index contributed by atoms with van der Waals surface area (Å²) in [6.07, 6.45) is 0.211. The minimum Gasteiger partial charge on any atom is -0.316 e. The van der Waals surface area contributed by atoms with Crippen molar-refractivity contribution in [3.63, 3.8) is 0 Å². The molecule has 0 aliphatic carbocycles. The number of aliphatic imine (C=N–C) groups is 1. The second-order valence-electron chi connectivity index (χ2n) is 7.10. The number of thioether (sulfide) groups is 1. The molecule has 2 heterocycles. The number of hydrogen-bond donors (Lipinski definition) is 0. The summed E-state index contributed by atoms with van der Waals surface area (Å²) in [6.45, 7) is 1.98. The number of halogens is 1. The lowest BCUT2D eigenvalue weighted by molar-refractivity contribution is -0.117. The van der Waals surface area contributed by atoms with E-state index in [1.54, 1.807) is 12.1 Å². The zero-order chi connectivity index (χ0) is 19.9. The normalized spacial score (nSPS) is 24.5. The maximum atomic E-state index is 12.6. The van der Waals surface area contributed by atoms with E-state index < -0.39 is 9.84 Å². The van der Waals surface area contributed by atoms with Gasteiger partial charge in [-0.15, -0.1) is 0 Å². The van der Waals surface area contributed by atoms with Gasteiger partial charge in [-0.25, -0.2) is 8.42 Å². The van der Waals surface area contributed by atoms with Crippen LogP contribution in [-0.2, 0) is 21.1 Å². The SMILES string of the molecule is Cc1cccc(CC(=O)N=C2S[C@H]3CS(=O)(=O)C[C@H]3N2c2cccc(Cl)c2)c1. The number of carbonyl (C=O) groups excluding carboxylic acids is 1. The molecule has 146 valence electrons. The molecule has 5 nitrogen and oxygen atoms in total. The first-order chi connectivity index (χ1) is 13.3. The predicted octanol–water partition coefficient (Wildman–Crippen LogP) is 3.49. The maximum absolute atomic E-state index is 12.6. The van der Waals surface area contributed by atoms with Gasteiger partial charge in [-0.1, -0.05) is 59.3 Å². The number of benzene rings is 2. The molecule has 0 saturated carbocycles. The summed E-state index contributed by atoms with van der Waals surface area (Å²) in [5.74, 6) is -0.0878. The van der Waals surface area contributed by atoms with Crippen molar-refractivity contribution in [2.75, 3.05) is 16.4 Å².